The molecule has 1 aliphatic heterocycles. The molecule has 1 saturated heterocycles. The molecule has 0 radical (unpaired) electrons. The lowest BCUT2D eigenvalue weighted by Crippen LogP contribution is -2.37. The molecule has 1 amide bonds. The van der Waals surface area contributed by atoms with Gasteiger partial charge in [-0.2, -0.15) is 11.8 Å². The highest BCUT2D eigenvalue weighted by atomic mass is 32.2. The van der Waals surface area contributed by atoms with Gasteiger partial charge in [0.05, 0.1) is 0 Å². The molecule has 1 aliphatic rings. The zero-order valence-electron chi connectivity index (χ0n) is 7.17. The van der Waals surface area contributed by atoms with Gasteiger partial charge in [-0.25, -0.2) is 0 Å². The Labute approximate surface area is 72.3 Å². The van der Waals surface area contributed by atoms with E-state index >= 15 is 0 Å². The van der Waals surface area contributed by atoms with Crippen molar-refractivity contribution in [2.45, 2.75) is 26.3 Å². The average Bonchev–Trinajstić information content (AvgIpc) is 2.13. The van der Waals surface area contributed by atoms with E-state index in [2.05, 4.69) is 13.8 Å². The summed E-state index contributed by atoms with van der Waals surface area (Å²) in [5.74, 6) is 2.43. The summed E-state index contributed by atoms with van der Waals surface area (Å²) in [6, 6.07) is 0.376. The molecule has 3 heteroatoms. The molecule has 1 heterocycles. The van der Waals surface area contributed by atoms with Gasteiger partial charge in [-0.15, -0.1) is 0 Å². The fourth-order valence-electron chi connectivity index (χ4n) is 1.24. The molecule has 1 rings (SSSR count). The Morgan fingerprint density at radius 1 is 1.45 bits per heavy atom. The Hall–Kier alpha value is -0.180. The minimum Gasteiger partial charge on any atom is -0.339 e. The van der Waals surface area contributed by atoms with Gasteiger partial charge in [0.1, 0.15) is 0 Å². The maximum Gasteiger partial charge on any atom is 0.223 e. The second kappa shape index (κ2) is 4.00. The van der Waals surface area contributed by atoms with Crippen LogP contribution in [0.2, 0.25) is 0 Å². The summed E-state index contributed by atoms with van der Waals surface area (Å²) in [4.78, 5) is 13.3. The molecule has 0 aliphatic carbocycles. The topological polar surface area (TPSA) is 20.3 Å². The number of amides is 1. The minimum atomic E-state index is 0.324. The number of carbonyl (C=O) groups is 1. The van der Waals surface area contributed by atoms with Crippen molar-refractivity contribution in [3.63, 3.8) is 0 Å². The Bertz CT molecular complexity index is 147. The zero-order valence-corrected chi connectivity index (χ0v) is 7.99. The molecule has 0 unspecified atom stereocenters. The summed E-state index contributed by atoms with van der Waals surface area (Å²) >= 11 is 1.88. The van der Waals surface area contributed by atoms with Crippen LogP contribution in [0.15, 0.2) is 0 Å². The van der Waals surface area contributed by atoms with Crippen LogP contribution in [0.4, 0.5) is 0 Å². The maximum absolute atomic E-state index is 11.4. The average molecular weight is 173 g/mol. The predicted molar refractivity (Wildman–Crippen MR) is 48.8 cm³/mol. The molecule has 0 saturated carbocycles. The monoisotopic (exact) mass is 173 g/mol. The van der Waals surface area contributed by atoms with E-state index < -0.39 is 0 Å². The minimum absolute atomic E-state index is 0.324. The smallest absolute Gasteiger partial charge is 0.223 e. The predicted octanol–water partition coefficient (Wildman–Crippen LogP) is 1.36. The largest absolute Gasteiger partial charge is 0.339 e. The normalized spacial score (nSPS) is 20.6. The maximum atomic E-state index is 11.4. The van der Waals surface area contributed by atoms with Gasteiger partial charge in [0.25, 0.3) is 0 Å². The van der Waals surface area contributed by atoms with E-state index in [1.807, 2.05) is 16.7 Å². The van der Waals surface area contributed by atoms with Gasteiger partial charge in [-0.1, -0.05) is 0 Å². The molecular weight excluding hydrogens is 158 g/mol. The third-order valence-electron chi connectivity index (χ3n) is 1.88. The van der Waals surface area contributed by atoms with Gasteiger partial charge in [0, 0.05) is 30.5 Å². The first-order chi connectivity index (χ1) is 5.22. The van der Waals surface area contributed by atoms with Crippen LogP contribution < -0.4 is 0 Å². The fourth-order valence-corrected chi connectivity index (χ4v) is 2.09. The third-order valence-corrected chi connectivity index (χ3v) is 2.84. The van der Waals surface area contributed by atoms with Crippen molar-refractivity contribution >= 4 is 17.7 Å². The highest BCUT2D eigenvalue weighted by molar-refractivity contribution is 7.99. The SMILES string of the molecule is CC(C)N1CCSCCC1=O. The van der Waals surface area contributed by atoms with Crippen molar-refractivity contribution in [1.29, 1.82) is 0 Å². The molecule has 0 N–H and O–H groups in total. The number of nitrogens with zero attached hydrogens (tertiary/aromatic N) is 1. The summed E-state index contributed by atoms with van der Waals surface area (Å²) in [6.07, 6.45) is 0.725. The molecular formula is C8H15NOS. The van der Waals surface area contributed by atoms with Gasteiger partial charge in [-0.3, -0.25) is 4.79 Å². The van der Waals surface area contributed by atoms with Crippen molar-refractivity contribution in [3.8, 4) is 0 Å². The van der Waals surface area contributed by atoms with Gasteiger partial charge in [-0.05, 0) is 13.8 Å². The van der Waals surface area contributed by atoms with Crippen LogP contribution in [0.1, 0.15) is 20.3 Å². The van der Waals surface area contributed by atoms with E-state index in [-0.39, 0.29) is 0 Å². The first-order valence-electron chi connectivity index (χ1n) is 4.09. The highest BCUT2D eigenvalue weighted by Crippen LogP contribution is 2.13. The molecule has 11 heavy (non-hydrogen) atoms. The number of hydrogen-bond acceptors (Lipinski definition) is 2. The van der Waals surface area contributed by atoms with E-state index in [9.17, 15) is 4.79 Å². The first-order valence-corrected chi connectivity index (χ1v) is 5.24. The summed E-state index contributed by atoms with van der Waals surface area (Å²) in [7, 11) is 0. The van der Waals surface area contributed by atoms with E-state index in [1.54, 1.807) is 0 Å². The van der Waals surface area contributed by atoms with Crippen LogP contribution in [0, 0.1) is 0 Å². The summed E-state index contributed by atoms with van der Waals surface area (Å²) in [6.45, 7) is 5.09. The molecule has 0 spiro atoms. The number of rotatable bonds is 1. The lowest BCUT2D eigenvalue weighted by molar-refractivity contribution is -0.131. The fraction of sp³-hybridized carbons (Fsp3) is 0.875. The number of hydrogen-bond donors (Lipinski definition) is 0. The molecule has 0 aromatic carbocycles. The van der Waals surface area contributed by atoms with Crippen LogP contribution in [0.3, 0.4) is 0 Å². The van der Waals surface area contributed by atoms with Crippen molar-refractivity contribution in [3.05, 3.63) is 0 Å². The van der Waals surface area contributed by atoms with E-state index in [4.69, 9.17) is 0 Å². The van der Waals surface area contributed by atoms with Gasteiger partial charge < -0.3 is 4.90 Å². The number of thioether (sulfide) groups is 1. The van der Waals surface area contributed by atoms with E-state index in [1.165, 1.54) is 0 Å². The van der Waals surface area contributed by atoms with Crippen molar-refractivity contribution < 1.29 is 4.79 Å². The van der Waals surface area contributed by atoms with Crippen molar-refractivity contribution in [2.75, 3.05) is 18.1 Å². The molecule has 0 aromatic heterocycles. The standard InChI is InChI=1S/C8H15NOS/c1-7(2)9-4-6-11-5-3-8(9)10/h7H,3-6H2,1-2H3. The third kappa shape index (κ3) is 2.40. The molecule has 0 aromatic rings. The van der Waals surface area contributed by atoms with Crippen LogP contribution >= 0.6 is 11.8 Å². The molecule has 64 valence electrons. The Balaban J connectivity index is 2.52. The zero-order chi connectivity index (χ0) is 8.27. The molecule has 2 nitrogen and oxygen atoms in total. The van der Waals surface area contributed by atoms with Gasteiger partial charge in [0.2, 0.25) is 5.91 Å². The number of carbonyl (C=O) groups excluding carboxylic acids is 1. The molecule has 1 fully saturated rings. The van der Waals surface area contributed by atoms with Crippen molar-refractivity contribution in [2.24, 2.45) is 0 Å². The van der Waals surface area contributed by atoms with Crippen LogP contribution in [-0.2, 0) is 4.79 Å². The Morgan fingerprint density at radius 2 is 2.18 bits per heavy atom. The van der Waals surface area contributed by atoms with Crippen LogP contribution in [0.25, 0.3) is 0 Å². The van der Waals surface area contributed by atoms with Crippen LogP contribution in [0.5, 0.6) is 0 Å². The Kier molecular flexibility index (Phi) is 3.24. The second-order valence-electron chi connectivity index (χ2n) is 3.04. The first kappa shape index (κ1) is 8.91. The van der Waals surface area contributed by atoms with Crippen molar-refractivity contribution in [1.82, 2.24) is 4.90 Å². The van der Waals surface area contributed by atoms with E-state index in [0.717, 1.165) is 24.5 Å². The summed E-state index contributed by atoms with van der Waals surface area (Å²) in [5, 5.41) is 0. The second-order valence-corrected chi connectivity index (χ2v) is 4.27. The van der Waals surface area contributed by atoms with E-state index in [0.29, 0.717) is 11.9 Å². The summed E-state index contributed by atoms with van der Waals surface area (Å²) in [5.41, 5.74) is 0. The van der Waals surface area contributed by atoms with Crippen LogP contribution in [-0.4, -0.2) is 34.9 Å². The van der Waals surface area contributed by atoms with Gasteiger partial charge >= 0.3 is 0 Å². The lowest BCUT2D eigenvalue weighted by Gasteiger charge is -2.24. The molecule has 0 atom stereocenters. The molecule has 0 bridgehead atoms. The quantitative estimate of drug-likeness (QED) is 0.597. The van der Waals surface area contributed by atoms with Gasteiger partial charge in [0.15, 0.2) is 0 Å². The lowest BCUT2D eigenvalue weighted by atomic mass is 10.3. The highest BCUT2D eigenvalue weighted by Gasteiger charge is 2.18. The Morgan fingerprint density at radius 3 is 2.82 bits per heavy atom. The summed E-state index contributed by atoms with van der Waals surface area (Å²) < 4.78 is 0.